The van der Waals surface area contributed by atoms with Crippen LogP contribution in [-0.4, -0.2) is 56.3 Å². The van der Waals surface area contributed by atoms with Crippen LogP contribution in [-0.2, 0) is 14.8 Å². The number of hydrogen-bond acceptors (Lipinski definition) is 5. The summed E-state index contributed by atoms with van der Waals surface area (Å²) >= 11 is 5.97. The zero-order valence-corrected chi connectivity index (χ0v) is 19.5. The van der Waals surface area contributed by atoms with Crippen molar-refractivity contribution in [2.45, 2.75) is 31.6 Å². The van der Waals surface area contributed by atoms with Gasteiger partial charge < -0.3 is 10.2 Å². The maximum absolute atomic E-state index is 12.8. The number of halogens is 1. The Kier molecular flexibility index (Phi) is 7.91. The number of pyridine rings is 1. The molecule has 0 unspecified atom stereocenters. The summed E-state index contributed by atoms with van der Waals surface area (Å²) in [5.74, 6) is -0.207. The Labute approximate surface area is 189 Å². The molecule has 3 rings (SSSR count). The number of hydrogen-bond donors (Lipinski definition) is 1. The number of carbonyl (C=O) groups excluding carboxylic acids is 1. The van der Waals surface area contributed by atoms with Gasteiger partial charge in [0.1, 0.15) is 10.0 Å². The summed E-state index contributed by atoms with van der Waals surface area (Å²) in [4.78, 5) is 18.7. The fourth-order valence-electron chi connectivity index (χ4n) is 3.81. The lowest BCUT2D eigenvalue weighted by Gasteiger charge is -2.31. The summed E-state index contributed by atoms with van der Waals surface area (Å²) in [5, 5.41) is 2.99. The topological polar surface area (TPSA) is 82.6 Å². The van der Waals surface area contributed by atoms with E-state index >= 15 is 0 Å². The van der Waals surface area contributed by atoms with Gasteiger partial charge in [-0.05, 0) is 56.5 Å². The molecule has 2 aromatic rings. The van der Waals surface area contributed by atoms with Crippen LogP contribution in [0.25, 0.3) is 0 Å². The van der Waals surface area contributed by atoms with Gasteiger partial charge >= 0.3 is 0 Å². The third kappa shape index (κ3) is 5.75. The number of nitrogens with one attached hydrogen (secondary N) is 1. The first-order valence-corrected chi connectivity index (χ1v) is 12.3. The second-order valence-electron chi connectivity index (χ2n) is 7.68. The smallest absolute Gasteiger partial charge is 0.246 e. The van der Waals surface area contributed by atoms with Crippen molar-refractivity contribution < 1.29 is 13.2 Å². The molecule has 1 fully saturated rings. The van der Waals surface area contributed by atoms with E-state index in [-0.39, 0.29) is 35.0 Å². The van der Waals surface area contributed by atoms with E-state index < -0.39 is 10.0 Å². The van der Waals surface area contributed by atoms with Crippen molar-refractivity contribution in [2.75, 3.05) is 37.6 Å². The normalized spacial score (nSPS) is 15.6. The minimum absolute atomic E-state index is 0.00961. The van der Waals surface area contributed by atoms with Gasteiger partial charge in [-0.1, -0.05) is 23.7 Å². The Morgan fingerprint density at radius 2 is 2.00 bits per heavy atom. The van der Waals surface area contributed by atoms with Crippen molar-refractivity contribution in [3.8, 4) is 0 Å². The SMILES string of the molecule is CCN(CCNC(=O)C1CCN(S(=O)(=O)c2cccnc2Cl)CC1)c1cccc(C)c1. The molecule has 0 spiro atoms. The summed E-state index contributed by atoms with van der Waals surface area (Å²) in [5.41, 5.74) is 2.35. The molecule has 0 saturated carbocycles. The van der Waals surface area contributed by atoms with Crippen molar-refractivity contribution in [3.63, 3.8) is 0 Å². The first-order valence-electron chi connectivity index (χ1n) is 10.5. The molecule has 0 atom stereocenters. The molecule has 9 heteroatoms. The van der Waals surface area contributed by atoms with E-state index in [1.165, 1.54) is 22.1 Å². The minimum atomic E-state index is -3.71. The molecule has 1 aliphatic rings. The number of sulfonamides is 1. The molecule has 1 amide bonds. The highest BCUT2D eigenvalue weighted by Gasteiger charge is 2.33. The van der Waals surface area contributed by atoms with Gasteiger partial charge in [-0.15, -0.1) is 0 Å². The third-order valence-electron chi connectivity index (χ3n) is 5.60. The maximum atomic E-state index is 12.8. The number of carbonyl (C=O) groups is 1. The number of amides is 1. The highest BCUT2D eigenvalue weighted by molar-refractivity contribution is 7.89. The molecule has 2 heterocycles. The van der Waals surface area contributed by atoms with E-state index in [1.807, 2.05) is 6.07 Å². The zero-order chi connectivity index (χ0) is 22.4. The summed E-state index contributed by atoms with van der Waals surface area (Å²) in [6.07, 6.45) is 2.42. The Morgan fingerprint density at radius 1 is 1.26 bits per heavy atom. The van der Waals surface area contributed by atoms with Crippen LogP contribution in [0.5, 0.6) is 0 Å². The van der Waals surface area contributed by atoms with Crippen molar-refractivity contribution in [3.05, 3.63) is 53.3 Å². The van der Waals surface area contributed by atoms with E-state index in [2.05, 4.69) is 47.2 Å². The van der Waals surface area contributed by atoms with Crippen LogP contribution in [0, 0.1) is 12.8 Å². The fourth-order valence-corrected chi connectivity index (χ4v) is 5.71. The number of aromatic nitrogens is 1. The molecule has 0 bridgehead atoms. The number of nitrogens with zero attached hydrogens (tertiary/aromatic N) is 3. The molecular formula is C22H29ClN4O3S. The maximum Gasteiger partial charge on any atom is 0.246 e. The van der Waals surface area contributed by atoms with Gasteiger partial charge in [-0.2, -0.15) is 4.31 Å². The van der Waals surface area contributed by atoms with Gasteiger partial charge in [0.05, 0.1) is 0 Å². The van der Waals surface area contributed by atoms with Crippen LogP contribution in [0.2, 0.25) is 5.15 Å². The summed E-state index contributed by atoms with van der Waals surface area (Å²) in [6.45, 7) is 6.85. The van der Waals surface area contributed by atoms with Crippen molar-refractivity contribution in [1.82, 2.24) is 14.6 Å². The van der Waals surface area contributed by atoms with E-state index in [9.17, 15) is 13.2 Å². The van der Waals surface area contributed by atoms with Gasteiger partial charge in [0.2, 0.25) is 15.9 Å². The zero-order valence-electron chi connectivity index (χ0n) is 17.9. The standard InChI is InChI=1S/C22H29ClN4O3S/c1-3-26(19-7-4-6-17(2)16-19)15-12-25-22(28)18-9-13-27(14-10-18)31(29,30)20-8-5-11-24-21(20)23/h4-8,11,16,18H,3,9-10,12-15H2,1-2H3,(H,25,28). The number of benzene rings is 1. The average Bonchev–Trinajstić information content (AvgIpc) is 2.77. The molecule has 1 saturated heterocycles. The summed E-state index contributed by atoms with van der Waals surface area (Å²) < 4.78 is 27.0. The summed E-state index contributed by atoms with van der Waals surface area (Å²) in [6, 6.07) is 11.3. The van der Waals surface area contributed by atoms with Gasteiger partial charge in [-0.3, -0.25) is 4.79 Å². The van der Waals surface area contributed by atoms with E-state index in [1.54, 1.807) is 6.07 Å². The van der Waals surface area contributed by atoms with Gasteiger partial charge in [0, 0.05) is 50.5 Å². The number of piperidine rings is 1. The second kappa shape index (κ2) is 10.4. The van der Waals surface area contributed by atoms with Crippen LogP contribution in [0.1, 0.15) is 25.3 Å². The molecule has 0 radical (unpaired) electrons. The molecular weight excluding hydrogens is 436 g/mol. The molecule has 168 valence electrons. The predicted octanol–water partition coefficient (Wildman–Crippen LogP) is 3.09. The Hall–Kier alpha value is -2.16. The summed E-state index contributed by atoms with van der Waals surface area (Å²) in [7, 11) is -3.71. The molecule has 1 aromatic carbocycles. The van der Waals surface area contributed by atoms with Crippen molar-refractivity contribution in [2.24, 2.45) is 5.92 Å². The minimum Gasteiger partial charge on any atom is -0.370 e. The lowest BCUT2D eigenvalue weighted by atomic mass is 9.97. The Balaban J connectivity index is 1.49. The lowest BCUT2D eigenvalue weighted by molar-refractivity contribution is -0.126. The number of aryl methyl sites for hydroxylation is 1. The molecule has 1 aromatic heterocycles. The van der Waals surface area contributed by atoms with E-state index in [0.717, 1.165) is 18.8 Å². The number of rotatable bonds is 8. The van der Waals surface area contributed by atoms with Crippen LogP contribution in [0.15, 0.2) is 47.5 Å². The lowest BCUT2D eigenvalue weighted by Crippen LogP contribution is -2.44. The molecule has 1 N–H and O–H groups in total. The van der Waals surface area contributed by atoms with Gasteiger partial charge in [-0.25, -0.2) is 13.4 Å². The fraction of sp³-hybridized carbons (Fsp3) is 0.455. The van der Waals surface area contributed by atoms with Crippen LogP contribution >= 0.6 is 11.6 Å². The van der Waals surface area contributed by atoms with E-state index in [0.29, 0.717) is 19.4 Å². The van der Waals surface area contributed by atoms with Crippen molar-refractivity contribution >= 4 is 33.2 Å². The average molecular weight is 465 g/mol. The van der Waals surface area contributed by atoms with Gasteiger partial charge in [0.15, 0.2) is 0 Å². The highest BCUT2D eigenvalue weighted by Crippen LogP contribution is 2.27. The second-order valence-corrected chi connectivity index (χ2v) is 9.94. The first-order chi connectivity index (χ1) is 14.8. The molecule has 31 heavy (non-hydrogen) atoms. The monoisotopic (exact) mass is 464 g/mol. The van der Waals surface area contributed by atoms with Crippen LogP contribution in [0.3, 0.4) is 0 Å². The van der Waals surface area contributed by atoms with E-state index in [4.69, 9.17) is 11.6 Å². The molecule has 1 aliphatic heterocycles. The van der Waals surface area contributed by atoms with Crippen LogP contribution in [0.4, 0.5) is 5.69 Å². The Bertz CT molecular complexity index is 1010. The van der Waals surface area contributed by atoms with Crippen LogP contribution < -0.4 is 10.2 Å². The quantitative estimate of drug-likeness (QED) is 0.607. The number of anilines is 1. The Morgan fingerprint density at radius 3 is 2.65 bits per heavy atom. The largest absolute Gasteiger partial charge is 0.370 e. The molecule has 7 nitrogen and oxygen atoms in total. The number of likely N-dealkylation sites (N-methyl/N-ethyl adjacent to an activating group) is 1. The van der Waals surface area contributed by atoms with Crippen molar-refractivity contribution in [1.29, 1.82) is 0 Å². The highest BCUT2D eigenvalue weighted by atomic mass is 35.5. The molecule has 0 aliphatic carbocycles. The third-order valence-corrected chi connectivity index (χ3v) is 7.94. The first kappa shape index (κ1) is 23.5. The predicted molar refractivity (Wildman–Crippen MR) is 123 cm³/mol. The van der Waals surface area contributed by atoms with Gasteiger partial charge in [0.25, 0.3) is 0 Å².